The largest absolute Gasteiger partial charge is 0.348 e. The fraction of sp³-hybridized carbons (Fsp3) is 0.600. The van der Waals surface area contributed by atoms with E-state index in [0.717, 1.165) is 12.8 Å². The highest BCUT2D eigenvalue weighted by molar-refractivity contribution is 6.39. The number of hydrogen-bond donors (Lipinski definition) is 2. The molecule has 0 unspecified atom stereocenters. The van der Waals surface area contributed by atoms with Gasteiger partial charge in [0.1, 0.15) is 0 Å². The summed E-state index contributed by atoms with van der Waals surface area (Å²) in [5.41, 5.74) is 0.520. The van der Waals surface area contributed by atoms with Gasteiger partial charge in [-0.05, 0) is 24.6 Å². The summed E-state index contributed by atoms with van der Waals surface area (Å²) < 4.78 is 0. The van der Waals surface area contributed by atoms with Crippen molar-refractivity contribution in [3.8, 4) is 0 Å². The summed E-state index contributed by atoms with van der Waals surface area (Å²) in [6.07, 6.45) is 12.4. The molecule has 0 saturated heterocycles. The quantitative estimate of drug-likeness (QED) is 0.388. The van der Waals surface area contributed by atoms with Gasteiger partial charge in [0.05, 0.1) is 0 Å². The molecule has 2 amide bonds. The van der Waals surface area contributed by atoms with E-state index >= 15 is 0 Å². The summed E-state index contributed by atoms with van der Waals surface area (Å²) in [4.78, 5) is 23.5. The van der Waals surface area contributed by atoms with Crippen LogP contribution in [0.5, 0.6) is 0 Å². The van der Waals surface area contributed by atoms with Gasteiger partial charge < -0.3 is 10.6 Å². The van der Waals surface area contributed by atoms with Crippen LogP contribution < -0.4 is 10.6 Å². The zero-order valence-corrected chi connectivity index (χ0v) is 16.0. The van der Waals surface area contributed by atoms with Gasteiger partial charge in [-0.15, -0.1) is 0 Å². The minimum absolute atomic E-state index is 0.517. The van der Waals surface area contributed by atoms with E-state index in [2.05, 4.69) is 17.6 Å². The zero-order valence-electron chi connectivity index (χ0n) is 15.3. The molecule has 2 N–H and O–H groups in total. The maximum atomic E-state index is 11.8. The van der Waals surface area contributed by atoms with E-state index in [4.69, 9.17) is 11.6 Å². The van der Waals surface area contributed by atoms with E-state index in [0.29, 0.717) is 17.3 Å². The van der Waals surface area contributed by atoms with Crippen molar-refractivity contribution in [2.24, 2.45) is 0 Å². The second-order valence-electron chi connectivity index (χ2n) is 6.40. The van der Waals surface area contributed by atoms with Gasteiger partial charge in [-0.25, -0.2) is 0 Å². The summed E-state index contributed by atoms with van der Waals surface area (Å²) in [6.45, 7) is 2.78. The highest BCUT2D eigenvalue weighted by Gasteiger charge is 2.12. The highest BCUT2D eigenvalue weighted by Crippen LogP contribution is 2.14. The second-order valence-corrected chi connectivity index (χ2v) is 6.84. The number of anilines is 1. The molecular formula is C20H31ClN2O2. The van der Waals surface area contributed by atoms with Gasteiger partial charge in [-0.2, -0.15) is 0 Å². The van der Waals surface area contributed by atoms with Gasteiger partial charge in [0.25, 0.3) is 0 Å². The molecule has 1 rings (SSSR count). The van der Waals surface area contributed by atoms with Crippen LogP contribution in [0.15, 0.2) is 24.3 Å². The standard InChI is InChI=1S/C20H31ClN2O2/c1-2-3-4-5-6-7-8-9-10-11-15-22-19(24)20(25)23-18-14-12-13-17(21)16-18/h12-14,16H,2-11,15H2,1H3,(H,22,24)(H,23,25). The maximum absolute atomic E-state index is 11.8. The lowest BCUT2D eigenvalue weighted by Crippen LogP contribution is -2.35. The third-order valence-corrected chi connectivity index (χ3v) is 4.34. The molecule has 0 atom stereocenters. The van der Waals surface area contributed by atoms with E-state index < -0.39 is 11.8 Å². The maximum Gasteiger partial charge on any atom is 0.313 e. The van der Waals surface area contributed by atoms with Gasteiger partial charge in [-0.1, -0.05) is 82.4 Å². The van der Waals surface area contributed by atoms with Crippen LogP contribution in [-0.4, -0.2) is 18.4 Å². The molecule has 0 aromatic heterocycles. The molecular weight excluding hydrogens is 336 g/mol. The van der Waals surface area contributed by atoms with E-state index in [1.165, 1.54) is 51.4 Å². The summed E-state index contributed by atoms with van der Waals surface area (Å²) in [5, 5.41) is 5.71. The van der Waals surface area contributed by atoms with Crippen molar-refractivity contribution in [1.82, 2.24) is 5.32 Å². The Hall–Kier alpha value is -1.55. The molecule has 5 heteroatoms. The van der Waals surface area contributed by atoms with Crippen molar-refractivity contribution >= 4 is 29.1 Å². The Bertz CT molecular complexity index is 520. The zero-order chi connectivity index (χ0) is 18.3. The molecule has 0 bridgehead atoms. The molecule has 0 saturated carbocycles. The molecule has 0 aliphatic heterocycles. The molecule has 140 valence electrons. The third kappa shape index (κ3) is 10.8. The van der Waals surface area contributed by atoms with Gasteiger partial charge >= 0.3 is 11.8 Å². The van der Waals surface area contributed by atoms with Crippen molar-refractivity contribution in [2.45, 2.75) is 71.1 Å². The molecule has 0 radical (unpaired) electrons. The van der Waals surface area contributed by atoms with Gasteiger partial charge in [0.15, 0.2) is 0 Å². The predicted octanol–water partition coefficient (Wildman–Crippen LogP) is 5.32. The van der Waals surface area contributed by atoms with Crippen LogP contribution in [0.2, 0.25) is 5.02 Å². The Balaban J connectivity index is 2.00. The minimum Gasteiger partial charge on any atom is -0.348 e. The normalized spacial score (nSPS) is 10.5. The average Bonchev–Trinajstić information content (AvgIpc) is 2.59. The molecule has 1 aromatic rings. The number of carbonyl (C=O) groups is 2. The fourth-order valence-corrected chi connectivity index (χ4v) is 2.84. The van der Waals surface area contributed by atoms with Gasteiger partial charge in [0.2, 0.25) is 0 Å². The fourth-order valence-electron chi connectivity index (χ4n) is 2.65. The predicted molar refractivity (Wildman–Crippen MR) is 105 cm³/mol. The summed E-state index contributed by atoms with van der Waals surface area (Å²) >= 11 is 5.84. The molecule has 1 aromatic carbocycles. The highest BCUT2D eigenvalue weighted by atomic mass is 35.5. The van der Waals surface area contributed by atoms with Crippen LogP contribution in [0, 0.1) is 0 Å². The summed E-state index contributed by atoms with van der Waals surface area (Å²) in [6, 6.07) is 6.73. The first-order valence-corrected chi connectivity index (χ1v) is 9.86. The average molecular weight is 367 g/mol. The Kier molecular flexibility index (Phi) is 11.8. The van der Waals surface area contributed by atoms with Crippen LogP contribution in [0.25, 0.3) is 0 Å². The number of unbranched alkanes of at least 4 members (excludes halogenated alkanes) is 9. The molecule has 0 aliphatic carbocycles. The van der Waals surface area contributed by atoms with Crippen molar-refractivity contribution in [3.63, 3.8) is 0 Å². The van der Waals surface area contributed by atoms with Gasteiger partial charge in [-0.3, -0.25) is 9.59 Å². The Labute approximate surface area is 156 Å². The van der Waals surface area contributed by atoms with E-state index in [1.54, 1.807) is 24.3 Å². The van der Waals surface area contributed by atoms with Crippen molar-refractivity contribution in [2.75, 3.05) is 11.9 Å². The SMILES string of the molecule is CCCCCCCCCCCCNC(=O)C(=O)Nc1cccc(Cl)c1. The third-order valence-electron chi connectivity index (χ3n) is 4.10. The first kappa shape index (κ1) is 21.5. The first-order chi connectivity index (χ1) is 12.1. The lowest BCUT2D eigenvalue weighted by atomic mass is 10.1. The molecule has 25 heavy (non-hydrogen) atoms. The van der Waals surface area contributed by atoms with Crippen molar-refractivity contribution in [1.29, 1.82) is 0 Å². The number of benzene rings is 1. The van der Waals surface area contributed by atoms with Crippen LogP contribution >= 0.6 is 11.6 Å². The van der Waals surface area contributed by atoms with Crippen LogP contribution in [-0.2, 0) is 9.59 Å². The van der Waals surface area contributed by atoms with Crippen LogP contribution in [0.3, 0.4) is 0 Å². The Morgan fingerprint density at radius 1 is 0.880 bits per heavy atom. The van der Waals surface area contributed by atoms with E-state index in [9.17, 15) is 9.59 Å². The first-order valence-electron chi connectivity index (χ1n) is 9.48. The molecule has 0 heterocycles. The number of carbonyl (C=O) groups excluding carboxylic acids is 2. The van der Waals surface area contributed by atoms with Crippen LogP contribution in [0.1, 0.15) is 71.1 Å². The topological polar surface area (TPSA) is 58.2 Å². The van der Waals surface area contributed by atoms with E-state index in [-0.39, 0.29) is 0 Å². The molecule has 0 spiro atoms. The number of amides is 2. The van der Waals surface area contributed by atoms with Gasteiger partial charge in [0, 0.05) is 17.3 Å². The lowest BCUT2D eigenvalue weighted by Gasteiger charge is -2.07. The van der Waals surface area contributed by atoms with E-state index in [1.807, 2.05) is 0 Å². The Morgan fingerprint density at radius 3 is 2.08 bits per heavy atom. The Morgan fingerprint density at radius 2 is 1.48 bits per heavy atom. The second kappa shape index (κ2) is 13.7. The monoisotopic (exact) mass is 366 g/mol. The van der Waals surface area contributed by atoms with Crippen molar-refractivity contribution < 1.29 is 9.59 Å². The van der Waals surface area contributed by atoms with Crippen molar-refractivity contribution in [3.05, 3.63) is 29.3 Å². The number of rotatable bonds is 12. The molecule has 4 nitrogen and oxygen atoms in total. The molecule has 0 aliphatic rings. The smallest absolute Gasteiger partial charge is 0.313 e. The number of halogens is 1. The van der Waals surface area contributed by atoms with Crippen LogP contribution in [0.4, 0.5) is 5.69 Å². The summed E-state index contributed by atoms with van der Waals surface area (Å²) in [5.74, 6) is -1.26. The lowest BCUT2D eigenvalue weighted by molar-refractivity contribution is -0.136. The minimum atomic E-state index is -0.658. The summed E-state index contributed by atoms with van der Waals surface area (Å²) in [7, 11) is 0. The number of nitrogens with one attached hydrogen (secondary N) is 2. The molecule has 0 fully saturated rings. The number of hydrogen-bond acceptors (Lipinski definition) is 2.